The first-order valence-electron chi connectivity index (χ1n) is 30.8. The molecule has 0 saturated carbocycles. The SMILES string of the molecule is CC(C)C.CC(C)C.CC(C)C1=CCC(C(C)C)=C1.CC(C)C1=NC=CC1.CC(C)c1c[n+](C(C)C)[nH]n1.CC(C)c1cc(C(C)C)[nH]n1.CC(C)c1ccccc1.CC(C)c1ccn(C(C)C)n1.CC(C)c1n[nH]nc1C(C)C. The van der Waals surface area contributed by atoms with Gasteiger partial charge in [0.15, 0.2) is 6.20 Å². The molecule has 2 aliphatic rings. The van der Waals surface area contributed by atoms with Crippen LogP contribution in [0.1, 0.15) is 314 Å². The summed E-state index contributed by atoms with van der Waals surface area (Å²) in [6, 6.07) is 15.7. The Bertz CT molecular complexity index is 2180. The van der Waals surface area contributed by atoms with E-state index in [0.717, 1.165) is 47.0 Å². The second kappa shape index (κ2) is 41.8. The fourth-order valence-electron chi connectivity index (χ4n) is 6.82. The number of nitrogens with zero attached hydrogens (tertiary/aromatic N) is 8. The molecule has 0 atom stereocenters. The van der Waals surface area contributed by atoms with Crippen molar-refractivity contribution in [1.29, 1.82) is 0 Å². The lowest BCUT2D eigenvalue weighted by Gasteiger charge is -2.04. The zero-order chi connectivity index (χ0) is 62.0. The Kier molecular flexibility index (Phi) is 40.1. The molecule has 3 N–H and O–H groups in total. The molecule has 0 amide bonds. The summed E-state index contributed by atoms with van der Waals surface area (Å²) in [6.07, 6.45) is 15.1. The minimum Gasteiger partial charge on any atom is -0.282 e. The molecule has 0 saturated heterocycles. The number of benzene rings is 1. The highest BCUT2D eigenvalue weighted by atomic mass is 15.4. The number of rotatable bonds is 12. The summed E-state index contributed by atoms with van der Waals surface area (Å²) >= 11 is 0. The molecule has 1 aliphatic heterocycles. The Balaban J connectivity index is 0. The van der Waals surface area contributed by atoms with Crippen LogP contribution in [-0.2, 0) is 0 Å². The summed E-state index contributed by atoms with van der Waals surface area (Å²) < 4.78 is 4.00. The number of hydrogen-bond acceptors (Lipinski definition) is 6. The van der Waals surface area contributed by atoms with Gasteiger partial charge in [-0.2, -0.15) is 30.3 Å². The first kappa shape index (κ1) is 76.9. The van der Waals surface area contributed by atoms with E-state index in [-0.39, 0.29) is 0 Å². The van der Waals surface area contributed by atoms with Crippen molar-refractivity contribution >= 4 is 5.71 Å². The van der Waals surface area contributed by atoms with E-state index < -0.39 is 0 Å². The number of hydrogen-bond donors (Lipinski definition) is 3. The second-order valence-electron chi connectivity index (χ2n) is 26.2. The van der Waals surface area contributed by atoms with Crippen molar-refractivity contribution in [3.8, 4) is 0 Å². The summed E-state index contributed by atoms with van der Waals surface area (Å²) in [4.78, 5) is 4.17. The third kappa shape index (κ3) is 34.8. The molecule has 0 bridgehead atoms. The third-order valence-corrected chi connectivity index (χ3v) is 12.1. The molecule has 0 fully saturated rings. The lowest BCUT2D eigenvalue weighted by atomic mass is 10.0. The van der Waals surface area contributed by atoms with Crippen molar-refractivity contribution in [3.63, 3.8) is 0 Å². The molecule has 5 heterocycles. The Morgan fingerprint density at radius 2 is 1.00 bits per heavy atom. The molecule has 11 nitrogen and oxygen atoms in total. The van der Waals surface area contributed by atoms with Crippen LogP contribution in [0.25, 0.3) is 0 Å². The number of allylic oxidation sites excluding steroid dienone is 5. The van der Waals surface area contributed by atoms with Crippen LogP contribution < -0.4 is 4.68 Å². The van der Waals surface area contributed by atoms with Crippen molar-refractivity contribution in [2.75, 3.05) is 0 Å². The summed E-state index contributed by atoms with van der Waals surface area (Å²) in [5.41, 5.74) is 12.7. The van der Waals surface area contributed by atoms with Crippen molar-refractivity contribution in [2.45, 2.75) is 274 Å². The molecule has 1 aliphatic carbocycles. The van der Waals surface area contributed by atoms with E-state index in [1.165, 1.54) is 34.7 Å². The van der Waals surface area contributed by atoms with Crippen LogP contribution in [0.15, 0.2) is 95.4 Å². The molecular weight excluding hydrogens is 983 g/mol. The summed E-state index contributed by atoms with van der Waals surface area (Å²) in [5.74, 6) is 7.43. The quantitative estimate of drug-likeness (QED) is 0.107. The van der Waals surface area contributed by atoms with Gasteiger partial charge in [-0.05, 0) is 122 Å². The summed E-state index contributed by atoms with van der Waals surface area (Å²) in [7, 11) is 0. The molecule has 11 heteroatoms. The van der Waals surface area contributed by atoms with E-state index in [2.05, 4.69) is 315 Å². The van der Waals surface area contributed by atoms with Gasteiger partial charge in [0.1, 0.15) is 6.04 Å². The van der Waals surface area contributed by atoms with Crippen LogP contribution >= 0.6 is 0 Å². The third-order valence-electron chi connectivity index (χ3n) is 12.1. The van der Waals surface area contributed by atoms with Crippen LogP contribution in [0.4, 0.5) is 0 Å². The van der Waals surface area contributed by atoms with Gasteiger partial charge in [0.25, 0.3) is 0 Å². The molecule has 1 aromatic carbocycles. The first-order valence-corrected chi connectivity index (χ1v) is 30.8. The second-order valence-corrected chi connectivity index (χ2v) is 26.2. The number of aromatic amines is 3. The molecule has 7 rings (SSSR count). The van der Waals surface area contributed by atoms with Crippen molar-refractivity contribution < 1.29 is 4.68 Å². The zero-order valence-electron chi connectivity index (χ0n) is 57.1. The average Bonchev–Trinajstić information content (AvgIpc) is 4.23. The molecule has 0 unspecified atom stereocenters. The van der Waals surface area contributed by atoms with Crippen molar-refractivity contribution in [3.05, 3.63) is 130 Å². The molecular formula is C69H124N11+. The Morgan fingerprint density at radius 1 is 0.487 bits per heavy atom. The van der Waals surface area contributed by atoms with Gasteiger partial charge in [-0.15, -0.1) is 0 Å². The maximum absolute atomic E-state index is 4.43. The van der Waals surface area contributed by atoms with Crippen LogP contribution in [0.5, 0.6) is 0 Å². The number of nitrogens with one attached hydrogen (secondary N) is 3. The normalized spacial score (nSPS) is 12.5. The highest BCUT2D eigenvalue weighted by Gasteiger charge is 2.16. The Labute approximate surface area is 492 Å². The number of aliphatic imine (C=N–C) groups is 1. The Morgan fingerprint density at radius 3 is 1.25 bits per heavy atom. The van der Waals surface area contributed by atoms with Gasteiger partial charge in [-0.3, -0.25) is 14.8 Å². The summed E-state index contributed by atoms with van der Waals surface area (Å²) in [6.45, 7) is 65.1. The van der Waals surface area contributed by atoms with Gasteiger partial charge >= 0.3 is 0 Å². The van der Waals surface area contributed by atoms with E-state index in [0.29, 0.717) is 65.3 Å². The lowest BCUT2D eigenvalue weighted by Crippen LogP contribution is -2.37. The predicted molar refractivity (Wildman–Crippen MR) is 349 cm³/mol. The minimum absolute atomic E-state index is 0.464. The fourth-order valence-corrected chi connectivity index (χ4v) is 6.82. The van der Waals surface area contributed by atoms with Crippen LogP contribution in [0, 0.1) is 29.6 Å². The van der Waals surface area contributed by atoms with Crippen molar-refractivity contribution in [2.24, 2.45) is 34.6 Å². The van der Waals surface area contributed by atoms with E-state index in [1.807, 2.05) is 27.8 Å². The standard InChI is InChI=1S/C11H18.2C9H16N2.C9H12.2C8H15N3.C7H11N.2C4H10/c1-8(2)10-5-6-11(7-10)9(3)4;1-7(2)9-5-6-11(10-9)8(3)4;1-6(2)8-5-9(7(3)4)11-10-8;1-8(2)9-6-4-3-5-7-9;1-6(2)8-5-11(7(3)4)10-9-8;1-5(2)7-8(6(3)4)10-11-9-7;1-6(2)7-4-3-5-8-7;2*1-4(2)3/h5,7-9H,6H2,1-4H3;5-8H,1-4H3;5-7H,1-4H3,(H,10,11);3-8H,1-2H3;5-7H,1-4H3;5-6H,1-4H3,(H,9,10,11);3,5-6H,4H2,1-2H3;2*4H,1-3H3/p+1. The van der Waals surface area contributed by atoms with Gasteiger partial charge in [0, 0.05) is 47.3 Å². The molecule has 80 heavy (non-hydrogen) atoms. The van der Waals surface area contributed by atoms with Crippen LogP contribution in [0.3, 0.4) is 0 Å². The fraction of sp³-hybridized carbons (Fsp3) is 0.667. The van der Waals surface area contributed by atoms with E-state index >= 15 is 0 Å². The van der Waals surface area contributed by atoms with Gasteiger partial charge < -0.3 is 0 Å². The Hall–Kier alpha value is -5.19. The molecule has 0 radical (unpaired) electrons. The van der Waals surface area contributed by atoms with Gasteiger partial charge in [-0.1, -0.05) is 239 Å². The van der Waals surface area contributed by atoms with Crippen LogP contribution in [0.2, 0.25) is 0 Å². The molecule has 4 aromatic heterocycles. The predicted octanol–water partition coefficient (Wildman–Crippen LogP) is 20.4. The topological polar surface area (TPSA) is 133 Å². The largest absolute Gasteiger partial charge is 0.282 e. The maximum atomic E-state index is 4.43. The monoisotopic (exact) mass is 1110 g/mol. The molecule has 5 aromatic rings. The number of aromatic nitrogens is 10. The van der Waals surface area contributed by atoms with Crippen molar-refractivity contribution in [1.82, 2.24) is 45.7 Å². The highest BCUT2D eigenvalue weighted by Crippen LogP contribution is 2.28. The minimum atomic E-state index is 0.464. The van der Waals surface area contributed by atoms with Gasteiger partial charge in [0.2, 0.25) is 5.69 Å². The smallest absolute Gasteiger partial charge is 0.220 e. The summed E-state index contributed by atoms with van der Waals surface area (Å²) in [5, 5.41) is 29.7. The average molecular weight is 1110 g/mol. The molecule has 454 valence electrons. The van der Waals surface area contributed by atoms with E-state index in [1.54, 1.807) is 5.57 Å². The zero-order valence-corrected chi connectivity index (χ0v) is 57.1. The maximum Gasteiger partial charge on any atom is 0.220 e. The molecule has 0 spiro atoms. The number of H-pyrrole nitrogens is 3. The van der Waals surface area contributed by atoms with E-state index in [4.69, 9.17) is 0 Å². The van der Waals surface area contributed by atoms with E-state index in [9.17, 15) is 0 Å². The first-order chi connectivity index (χ1) is 37.1. The van der Waals surface area contributed by atoms with Gasteiger partial charge in [0.05, 0.1) is 22.8 Å². The van der Waals surface area contributed by atoms with Crippen LogP contribution in [-0.4, -0.2) is 51.4 Å². The van der Waals surface area contributed by atoms with Gasteiger partial charge in [-0.25, -0.2) is 0 Å². The lowest BCUT2D eigenvalue weighted by molar-refractivity contribution is -0.771. The highest BCUT2D eigenvalue weighted by molar-refractivity contribution is 5.89.